The second-order valence-corrected chi connectivity index (χ2v) is 8.11. The van der Waals surface area contributed by atoms with E-state index in [1.165, 1.54) is 30.8 Å². The summed E-state index contributed by atoms with van der Waals surface area (Å²) in [5, 5.41) is 13.2. The third-order valence-corrected chi connectivity index (χ3v) is 6.22. The predicted octanol–water partition coefficient (Wildman–Crippen LogP) is 4.40. The topological polar surface area (TPSA) is 71.3 Å². The molecule has 0 aliphatic heterocycles. The van der Waals surface area contributed by atoms with Gasteiger partial charge in [0.2, 0.25) is 0 Å². The van der Waals surface area contributed by atoms with Gasteiger partial charge in [-0.05, 0) is 48.2 Å². The van der Waals surface area contributed by atoms with Crippen LogP contribution in [0.5, 0.6) is 0 Å². The molecule has 1 aliphatic carbocycles. The van der Waals surface area contributed by atoms with Gasteiger partial charge in [-0.2, -0.15) is 13.2 Å². The van der Waals surface area contributed by atoms with Gasteiger partial charge in [0.15, 0.2) is 0 Å². The molecule has 8 heteroatoms. The largest absolute Gasteiger partial charge is 0.480 e. The molecular weight excluding hydrogens is 433 g/mol. The summed E-state index contributed by atoms with van der Waals surface area (Å²) in [6.45, 7) is 0. The van der Waals surface area contributed by atoms with E-state index in [0.29, 0.717) is 34.9 Å². The van der Waals surface area contributed by atoms with Crippen molar-refractivity contribution in [1.82, 2.24) is 9.88 Å². The minimum atomic E-state index is -4.73. The second-order valence-electron chi connectivity index (χ2n) is 8.11. The Morgan fingerprint density at radius 2 is 1.88 bits per heavy atom. The fourth-order valence-electron chi connectivity index (χ4n) is 4.61. The Hall–Kier alpha value is -3.39. The van der Waals surface area contributed by atoms with Crippen molar-refractivity contribution in [2.75, 3.05) is 7.05 Å². The van der Waals surface area contributed by atoms with Crippen LogP contribution in [0.25, 0.3) is 28.0 Å². The summed E-state index contributed by atoms with van der Waals surface area (Å²) in [7, 11) is 3.04. The molecule has 1 aromatic heterocycles. The number of nitrogens with zero attached hydrogens (tertiary/aromatic N) is 1. The number of likely N-dealkylation sites (N-methyl/N-ethyl adjacent to an activating group) is 1. The van der Waals surface area contributed by atoms with E-state index < -0.39 is 29.3 Å². The van der Waals surface area contributed by atoms with Crippen molar-refractivity contribution < 1.29 is 23.1 Å². The third-order valence-electron chi connectivity index (χ3n) is 6.22. The number of pyridine rings is 1. The van der Waals surface area contributed by atoms with E-state index in [4.69, 9.17) is 0 Å². The Morgan fingerprint density at radius 1 is 1.18 bits per heavy atom. The lowest BCUT2D eigenvalue weighted by atomic mass is 9.88. The third kappa shape index (κ3) is 3.95. The molecule has 4 rings (SSSR count). The Morgan fingerprint density at radius 3 is 2.55 bits per heavy atom. The number of carbonyl (C=O) groups is 1. The molecule has 1 heterocycles. The number of carboxylic acid groups (broad SMARTS) is 1. The summed E-state index contributed by atoms with van der Waals surface area (Å²) in [6.07, 6.45) is -0.507. The lowest BCUT2D eigenvalue weighted by Gasteiger charge is -2.24. The Kier molecular flexibility index (Phi) is 5.88. The lowest BCUT2D eigenvalue weighted by Crippen LogP contribution is -2.35. The maximum Gasteiger partial charge on any atom is 0.417 e. The number of hydrogen-bond acceptors (Lipinski definition) is 3. The number of fused-ring (bicyclic) bond motifs is 2. The van der Waals surface area contributed by atoms with Crippen molar-refractivity contribution in [2.45, 2.75) is 31.5 Å². The minimum absolute atomic E-state index is 0.0279. The number of rotatable bonds is 5. The van der Waals surface area contributed by atoms with Crippen LogP contribution in [0.4, 0.5) is 13.2 Å². The number of alkyl halides is 3. The normalized spacial score (nSPS) is 14.3. The average Bonchev–Trinajstić information content (AvgIpc) is 2.78. The van der Waals surface area contributed by atoms with Crippen LogP contribution in [-0.4, -0.2) is 28.7 Å². The van der Waals surface area contributed by atoms with Crippen molar-refractivity contribution in [3.05, 3.63) is 75.2 Å². The van der Waals surface area contributed by atoms with Crippen LogP contribution in [0.2, 0.25) is 0 Å². The molecule has 0 fully saturated rings. The zero-order chi connectivity index (χ0) is 23.9. The molecule has 0 amide bonds. The number of aromatic nitrogens is 1. The molecule has 2 aromatic carbocycles. The SMILES string of the molecule is CNC(Cc1cccc2c(-c3c(C(F)(F)F)c4c(n(C)c3=O)CCC=C4)cccc12)C(=O)O. The predicted molar refractivity (Wildman–Crippen MR) is 121 cm³/mol. The Labute approximate surface area is 188 Å². The van der Waals surface area contributed by atoms with Crippen molar-refractivity contribution in [1.29, 1.82) is 0 Å². The first-order valence-electron chi connectivity index (χ1n) is 10.6. The fraction of sp³-hybridized carbons (Fsp3) is 0.280. The van der Waals surface area contributed by atoms with Crippen LogP contribution in [0.3, 0.4) is 0 Å². The van der Waals surface area contributed by atoms with Gasteiger partial charge in [0.25, 0.3) is 5.56 Å². The number of halogens is 3. The van der Waals surface area contributed by atoms with E-state index in [2.05, 4.69) is 5.32 Å². The molecule has 33 heavy (non-hydrogen) atoms. The molecule has 0 saturated carbocycles. The molecule has 0 radical (unpaired) electrons. The van der Waals surface area contributed by atoms with Crippen molar-refractivity contribution >= 4 is 22.8 Å². The monoisotopic (exact) mass is 456 g/mol. The highest BCUT2D eigenvalue weighted by Gasteiger charge is 2.40. The van der Waals surface area contributed by atoms with Gasteiger partial charge in [-0.25, -0.2) is 0 Å². The number of carboxylic acids is 1. The van der Waals surface area contributed by atoms with Crippen molar-refractivity contribution in [3.63, 3.8) is 0 Å². The maximum absolute atomic E-state index is 14.4. The Balaban J connectivity index is 2.04. The summed E-state index contributed by atoms with van der Waals surface area (Å²) >= 11 is 0. The van der Waals surface area contributed by atoms with Crippen LogP contribution < -0.4 is 10.9 Å². The molecule has 3 aromatic rings. The molecule has 0 bridgehead atoms. The maximum atomic E-state index is 14.4. The van der Waals surface area contributed by atoms with Crippen LogP contribution in [-0.2, 0) is 30.9 Å². The van der Waals surface area contributed by atoms with Gasteiger partial charge in [0, 0.05) is 18.3 Å². The quantitative estimate of drug-likeness (QED) is 0.597. The average molecular weight is 456 g/mol. The number of benzene rings is 2. The molecule has 0 saturated heterocycles. The minimum Gasteiger partial charge on any atom is -0.480 e. The summed E-state index contributed by atoms with van der Waals surface area (Å²) in [6, 6.07) is 9.09. The van der Waals surface area contributed by atoms with Gasteiger partial charge in [0.05, 0.1) is 11.1 Å². The van der Waals surface area contributed by atoms with Crippen molar-refractivity contribution in [2.24, 2.45) is 7.05 Å². The lowest BCUT2D eigenvalue weighted by molar-refractivity contribution is -0.139. The summed E-state index contributed by atoms with van der Waals surface area (Å²) < 4.78 is 44.4. The van der Waals surface area contributed by atoms with Gasteiger partial charge in [-0.15, -0.1) is 0 Å². The molecule has 1 aliphatic rings. The molecular formula is C25H23F3N2O3. The standard InChI is InChI=1S/C25H23F3N2O3/c1-29-19(24(32)33)13-14-7-5-10-16-15(14)9-6-11-17(16)21-22(25(26,27)28)18-8-3-4-12-20(18)30(2)23(21)31/h3,5-11,19,29H,4,12-13H2,1-2H3,(H,32,33). The number of allylic oxidation sites excluding steroid dienone is 1. The summed E-state index contributed by atoms with van der Waals surface area (Å²) in [5.41, 5.74) is -0.764. The summed E-state index contributed by atoms with van der Waals surface area (Å²) in [4.78, 5) is 24.8. The van der Waals surface area contributed by atoms with Gasteiger partial charge in [0.1, 0.15) is 6.04 Å². The highest BCUT2D eigenvalue weighted by molar-refractivity contribution is 5.99. The van der Waals surface area contributed by atoms with Gasteiger partial charge >= 0.3 is 12.1 Å². The van der Waals surface area contributed by atoms with E-state index in [1.54, 1.807) is 36.4 Å². The van der Waals surface area contributed by atoms with Crippen molar-refractivity contribution in [3.8, 4) is 11.1 Å². The van der Waals surface area contributed by atoms with E-state index in [1.807, 2.05) is 0 Å². The molecule has 5 nitrogen and oxygen atoms in total. The second kappa shape index (κ2) is 8.51. The van der Waals surface area contributed by atoms with E-state index in [0.717, 1.165) is 0 Å². The van der Waals surface area contributed by atoms with Crippen LogP contribution in [0.1, 0.15) is 28.8 Å². The molecule has 1 atom stereocenters. The first-order chi connectivity index (χ1) is 15.6. The Bertz CT molecular complexity index is 1340. The highest BCUT2D eigenvalue weighted by atomic mass is 19.4. The number of nitrogens with one attached hydrogen (secondary N) is 1. The molecule has 2 N–H and O–H groups in total. The zero-order valence-corrected chi connectivity index (χ0v) is 18.2. The highest BCUT2D eigenvalue weighted by Crippen LogP contribution is 2.42. The molecule has 0 spiro atoms. The number of aliphatic carboxylic acids is 1. The first-order valence-corrected chi connectivity index (χ1v) is 10.6. The molecule has 172 valence electrons. The van der Waals surface area contributed by atoms with Gasteiger partial charge in [-0.1, -0.05) is 48.6 Å². The van der Waals surface area contributed by atoms with Gasteiger partial charge < -0.3 is 15.0 Å². The van der Waals surface area contributed by atoms with E-state index in [-0.39, 0.29) is 23.1 Å². The van der Waals surface area contributed by atoms with Crippen LogP contribution >= 0.6 is 0 Å². The molecule has 1 unspecified atom stereocenters. The fourth-order valence-corrected chi connectivity index (χ4v) is 4.61. The zero-order valence-electron chi connectivity index (χ0n) is 18.2. The van der Waals surface area contributed by atoms with Crippen LogP contribution in [0, 0.1) is 0 Å². The van der Waals surface area contributed by atoms with E-state index >= 15 is 0 Å². The van der Waals surface area contributed by atoms with Gasteiger partial charge in [-0.3, -0.25) is 9.59 Å². The number of hydrogen-bond donors (Lipinski definition) is 2. The first kappa shape index (κ1) is 22.8. The van der Waals surface area contributed by atoms with E-state index in [9.17, 15) is 27.9 Å². The summed E-state index contributed by atoms with van der Waals surface area (Å²) in [5.74, 6) is -1.03. The smallest absolute Gasteiger partial charge is 0.417 e. The van der Waals surface area contributed by atoms with Crippen LogP contribution in [0.15, 0.2) is 47.3 Å².